The number of hydrogen-bond acceptors (Lipinski definition) is 6. The molecule has 0 N–H and O–H groups in total. The third kappa shape index (κ3) is 1.48. The summed E-state index contributed by atoms with van der Waals surface area (Å²) in [6.45, 7) is 1.62. The number of Topliss-reactive ketones (excluding diaryl/α,β-unsaturated/α-hetero) is 2. The Labute approximate surface area is 114 Å². The average Bonchev–Trinajstić information content (AvgIpc) is 2.85. The number of methoxy groups -OCH3 is 2. The van der Waals surface area contributed by atoms with Crippen LogP contribution in [0.4, 0.5) is 0 Å². The van der Waals surface area contributed by atoms with Gasteiger partial charge in [0.25, 0.3) is 0 Å². The van der Waals surface area contributed by atoms with Crippen LogP contribution in [0.1, 0.15) is 26.4 Å². The normalized spacial score (nSPS) is 12.9. The number of carbonyl (C=O) groups excluding carboxylic acids is 2. The summed E-state index contributed by atoms with van der Waals surface area (Å²) in [6.07, 6.45) is 0. The van der Waals surface area contributed by atoms with Crippen LogP contribution >= 0.6 is 0 Å². The van der Waals surface area contributed by atoms with E-state index in [1.807, 2.05) is 0 Å². The van der Waals surface area contributed by atoms with Crippen molar-refractivity contribution in [1.29, 1.82) is 0 Å². The maximum atomic E-state index is 12.2. The largest absolute Gasteiger partial charge is 0.493 e. The first kappa shape index (κ1) is 12.4. The van der Waals surface area contributed by atoms with Crippen molar-refractivity contribution in [2.75, 3.05) is 14.2 Å². The molecule has 0 radical (unpaired) electrons. The quantitative estimate of drug-likeness (QED) is 0.779. The van der Waals surface area contributed by atoms with Crippen LogP contribution in [0, 0.1) is 6.92 Å². The van der Waals surface area contributed by atoms with E-state index in [0.717, 1.165) is 0 Å². The molecule has 2 aromatic rings. The van der Waals surface area contributed by atoms with Gasteiger partial charge in [-0.25, -0.2) is 0 Å². The molecule has 0 amide bonds. The van der Waals surface area contributed by atoms with Gasteiger partial charge in [-0.3, -0.25) is 9.59 Å². The monoisotopic (exact) mass is 273 g/mol. The zero-order valence-electron chi connectivity index (χ0n) is 11.1. The lowest BCUT2D eigenvalue weighted by Crippen LogP contribution is -2.21. The Balaban J connectivity index is 2.35. The van der Waals surface area contributed by atoms with Crippen LogP contribution < -0.4 is 9.47 Å². The minimum atomic E-state index is -0.613. The molecule has 0 bridgehead atoms. The maximum Gasteiger partial charge on any atom is 0.239 e. The van der Waals surface area contributed by atoms with E-state index in [0.29, 0.717) is 28.5 Å². The SMILES string of the molecule is COc1cc2c(cc1OC)-c1onc(C)c1C(=O)C2=O. The van der Waals surface area contributed by atoms with Gasteiger partial charge in [0.05, 0.1) is 25.5 Å². The fourth-order valence-corrected chi connectivity index (χ4v) is 2.31. The van der Waals surface area contributed by atoms with E-state index in [4.69, 9.17) is 14.0 Å². The highest BCUT2D eigenvalue weighted by Gasteiger charge is 2.36. The van der Waals surface area contributed by atoms with Crippen LogP contribution in [0.2, 0.25) is 0 Å². The average molecular weight is 273 g/mol. The van der Waals surface area contributed by atoms with Crippen molar-refractivity contribution in [3.05, 3.63) is 29.0 Å². The molecule has 1 aromatic carbocycles. The van der Waals surface area contributed by atoms with Gasteiger partial charge in [0.15, 0.2) is 17.3 Å². The lowest BCUT2D eigenvalue weighted by atomic mass is 9.87. The first-order chi connectivity index (χ1) is 9.58. The molecule has 1 aliphatic rings. The van der Waals surface area contributed by atoms with Crippen molar-refractivity contribution in [1.82, 2.24) is 5.16 Å². The Bertz CT molecular complexity index is 744. The number of rotatable bonds is 2. The zero-order valence-corrected chi connectivity index (χ0v) is 11.1. The van der Waals surface area contributed by atoms with Gasteiger partial charge in [0.1, 0.15) is 0 Å². The Morgan fingerprint density at radius 3 is 2.20 bits per heavy atom. The number of nitrogens with zero attached hydrogens (tertiary/aromatic N) is 1. The van der Waals surface area contributed by atoms with Crippen molar-refractivity contribution in [2.45, 2.75) is 6.92 Å². The molecular formula is C14H11NO5. The number of fused-ring (bicyclic) bond motifs is 3. The predicted molar refractivity (Wildman–Crippen MR) is 68.4 cm³/mol. The minimum absolute atomic E-state index is 0.217. The van der Waals surface area contributed by atoms with Crippen LogP contribution in [0.5, 0.6) is 11.5 Å². The number of aryl methyl sites for hydroxylation is 1. The van der Waals surface area contributed by atoms with E-state index in [-0.39, 0.29) is 11.1 Å². The summed E-state index contributed by atoms with van der Waals surface area (Å²) in [7, 11) is 2.95. The van der Waals surface area contributed by atoms with Crippen molar-refractivity contribution in [3.63, 3.8) is 0 Å². The summed E-state index contributed by atoms with van der Waals surface area (Å²) < 4.78 is 15.5. The van der Waals surface area contributed by atoms with E-state index in [2.05, 4.69) is 5.16 Å². The molecule has 0 saturated heterocycles. The van der Waals surface area contributed by atoms with Crippen LogP contribution in [0.25, 0.3) is 11.3 Å². The summed E-state index contributed by atoms with van der Waals surface area (Å²) in [5.41, 5.74) is 1.34. The molecular weight excluding hydrogens is 262 g/mol. The Morgan fingerprint density at radius 1 is 1.00 bits per heavy atom. The fourth-order valence-electron chi connectivity index (χ4n) is 2.31. The van der Waals surface area contributed by atoms with Crippen molar-refractivity contribution in [3.8, 4) is 22.8 Å². The van der Waals surface area contributed by atoms with E-state index >= 15 is 0 Å². The number of ether oxygens (including phenoxy) is 2. The van der Waals surface area contributed by atoms with Crippen LogP contribution in [0.3, 0.4) is 0 Å². The number of ketones is 2. The molecule has 0 spiro atoms. The molecule has 1 heterocycles. The number of aromatic nitrogens is 1. The lowest BCUT2D eigenvalue weighted by Gasteiger charge is -2.16. The first-order valence-electron chi connectivity index (χ1n) is 5.90. The second-order valence-corrected chi connectivity index (χ2v) is 4.38. The highest BCUT2D eigenvalue weighted by atomic mass is 16.5. The molecule has 0 atom stereocenters. The third-order valence-corrected chi connectivity index (χ3v) is 3.31. The summed E-state index contributed by atoms with van der Waals surface area (Å²) >= 11 is 0. The van der Waals surface area contributed by atoms with Crippen molar-refractivity contribution < 1.29 is 23.6 Å². The topological polar surface area (TPSA) is 78.6 Å². The number of hydrogen-bond donors (Lipinski definition) is 0. The molecule has 1 aliphatic carbocycles. The second kappa shape index (κ2) is 4.19. The Kier molecular flexibility index (Phi) is 2.60. The molecule has 20 heavy (non-hydrogen) atoms. The summed E-state index contributed by atoms with van der Waals surface area (Å²) in [5, 5.41) is 3.76. The van der Waals surface area contributed by atoms with Crippen molar-refractivity contribution >= 4 is 11.6 Å². The molecule has 0 fully saturated rings. The summed E-state index contributed by atoms with van der Waals surface area (Å²) in [4.78, 5) is 24.3. The molecule has 0 saturated carbocycles. The van der Waals surface area contributed by atoms with Crippen LogP contribution in [-0.2, 0) is 0 Å². The van der Waals surface area contributed by atoms with Gasteiger partial charge in [0, 0.05) is 11.1 Å². The van der Waals surface area contributed by atoms with Gasteiger partial charge >= 0.3 is 0 Å². The van der Waals surface area contributed by atoms with E-state index < -0.39 is 11.6 Å². The van der Waals surface area contributed by atoms with Gasteiger partial charge < -0.3 is 14.0 Å². The fraction of sp³-hybridized carbons (Fsp3) is 0.214. The molecule has 3 rings (SSSR count). The van der Waals surface area contributed by atoms with E-state index in [1.54, 1.807) is 13.0 Å². The highest BCUT2D eigenvalue weighted by Crippen LogP contribution is 2.41. The molecule has 6 nitrogen and oxygen atoms in total. The van der Waals surface area contributed by atoms with Gasteiger partial charge in [-0.2, -0.15) is 0 Å². The highest BCUT2D eigenvalue weighted by molar-refractivity contribution is 6.53. The van der Waals surface area contributed by atoms with Gasteiger partial charge in [-0.05, 0) is 19.1 Å². The van der Waals surface area contributed by atoms with Crippen molar-refractivity contribution in [2.24, 2.45) is 0 Å². The third-order valence-electron chi connectivity index (χ3n) is 3.31. The number of benzene rings is 1. The molecule has 0 aliphatic heterocycles. The van der Waals surface area contributed by atoms with E-state index in [9.17, 15) is 9.59 Å². The van der Waals surface area contributed by atoms with Gasteiger partial charge in [0.2, 0.25) is 11.6 Å². The second-order valence-electron chi connectivity index (χ2n) is 4.38. The molecule has 1 aromatic heterocycles. The maximum absolute atomic E-state index is 12.2. The van der Waals surface area contributed by atoms with Gasteiger partial charge in [-0.1, -0.05) is 5.16 Å². The van der Waals surface area contributed by atoms with E-state index in [1.165, 1.54) is 20.3 Å². The standard InChI is InChI=1S/C14H11NO5/c1-6-11-13(17)12(16)7-4-9(18-2)10(19-3)5-8(7)14(11)20-15-6/h4-5H,1-3H3. The smallest absolute Gasteiger partial charge is 0.239 e. The summed E-state index contributed by atoms with van der Waals surface area (Å²) in [5.74, 6) is -0.0817. The molecule has 102 valence electrons. The van der Waals surface area contributed by atoms with Gasteiger partial charge in [-0.15, -0.1) is 0 Å². The van der Waals surface area contributed by atoms with Crippen LogP contribution in [0.15, 0.2) is 16.7 Å². The minimum Gasteiger partial charge on any atom is -0.493 e. The summed E-state index contributed by atoms with van der Waals surface area (Å²) in [6, 6.07) is 3.09. The molecule has 0 unspecified atom stereocenters. The Morgan fingerprint density at radius 2 is 1.60 bits per heavy atom. The van der Waals surface area contributed by atoms with Crippen LogP contribution in [-0.4, -0.2) is 30.9 Å². The lowest BCUT2D eigenvalue weighted by molar-refractivity contribution is 0.0814. The predicted octanol–water partition coefficient (Wildman–Crippen LogP) is 2.05. The molecule has 6 heteroatoms. The Hall–Kier alpha value is -2.63. The first-order valence-corrected chi connectivity index (χ1v) is 5.90. The zero-order chi connectivity index (χ0) is 14.4. The number of carbonyl (C=O) groups is 2.